The average Bonchev–Trinajstić information content (AvgIpc) is 2.19. The van der Waals surface area contributed by atoms with Crippen LogP contribution in [-0.2, 0) is 10.0 Å². The molecule has 0 saturated heterocycles. The molecule has 1 rings (SSSR count). The van der Waals surface area contributed by atoms with Gasteiger partial charge in [0.05, 0.1) is 5.25 Å². The van der Waals surface area contributed by atoms with Crippen LogP contribution < -0.4 is 5.32 Å². The van der Waals surface area contributed by atoms with Crippen molar-refractivity contribution in [1.82, 2.24) is 9.62 Å². The number of nitrogens with one attached hydrogen (secondary N) is 1. The van der Waals surface area contributed by atoms with Crippen molar-refractivity contribution in [3.05, 3.63) is 0 Å². The van der Waals surface area contributed by atoms with Crippen LogP contribution in [0, 0.1) is 5.92 Å². The molecule has 0 aromatic heterocycles. The Labute approximate surface area is 106 Å². The van der Waals surface area contributed by atoms with Gasteiger partial charge in [-0.1, -0.05) is 20.3 Å². The third-order valence-corrected chi connectivity index (χ3v) is 5.70. The molecule has 102 valence electrons. The Morgan fingerprint density at radius 3 is 2.29 bits per heavy atom. The van der Waals surface area contributed by atoms with Crippen molar-refractivity contribution in [1.29, 1.82) is 0 Å². The molecule has 1 fully saturated rings. The lowest BCUT2D eigenvalue weighted by Crippen LogP contribution is -2.43. The maximum absolute atomic E-state index is 12.2. The molecule has 0 bridgehead atoms. The average molecular weight is 262 g/mol. The van der Waals surface area contributed by atoms with Crippen molar-refractivity contribution < 1.29 is 8.42 Å². The zero-order chi connectivity index (χ0) is 13.1. The lowest BCUT2D eigenvalue weighted by Gasteiger charge is -2.31. The van der Waals surface area contributed by atoms with E-state index in [-0.39, 0.29) is 5.25 Å². The lowest BCUT2D eigenvalue weighted by molar-refractivity contribution is 0.261. The molecule has 1 unspecified atom stereocenters. The Bertz CT molecular complexity index is 323. The summed E-state index contributed by atoms with van der Waals surface area (Å²) in [7, 11) is -1.43. The van der Waals surface area contributed by atoms with E-state index < -0.39 is 10.0 Å². The van der Waals surface area contributed by atoms with Gasteiger partial charge in [-0.05, 0) is 25.7 Å². The molecule has 0 aromatic carbocycles. The predicted octanol–water partition coefficient (Wildman–Crippen LogP) is 1.43. The number of rotatable bonds is 7. The highest BCUT2D eigenvalue weighted by atomic mass is 32.2. The smallest absolute Gasteiger partial charge is 0.217 e. The van der Waals surface area contributed by atoms with E-state index in [1.54, 1.807) is 18.3 Å². The van der Waals surface area contributed by atoms with E-state index in [9.17, 15) is 8.42 Å². The second-order valence-electron chi connectivity index (χ2n) is 5.50. The molecule has 5 heteroatoms. The number of nitrogens with zero attached hydrogens (tertiary/aromatic N) is 1. The van der Waals surface area contributed by atoms with Crippen LogP contribution in [-0.4, -0.2) is 44.2 Å². The van der Waals surface area contributed by atoms with E-state index >= 15 is 0 Å². The molecular weight excluding hydrogens is 236 g/mol. The first-order valence-corrected chi connectivity index (χ1v) is 8.03. The molecule has 1 aliphatic rings. The number of hydrogen-bond acceptors (Lipinski definition) is 3. The number of sulfonamides is 1. The predicted molar refractivity (Wildman–Crippen MR) is 71.5 cm³/mol. The van der Waals surface area contributed by atoms with Crippen LogP contribution in [0.3, 0.4) is 0 Å². The molecular formula is C12H26N2O2S. The standard InChI is InChI=1S/C12H26N2O2S/c1-10(2)13-8-11(3)17(15,16)14(4)9-12-6-5-7-12/h10-13H,5-9H2,1-4H3. The Morgan fingerprint density at radius 1 is 1.29 bits per heavy atom. The maximum atomic E-state index is 12.2. The highest BCUT2D eigenvalue weighted by Gasteiger charge is 2.29. The summed E-state index contributed by atoms with van der Waals surface area (Å²) in [5, 5.41) is 2.83. The minimum absolute atomic E-state index is 0.324. The normalized spacial score (nSPS) is 19.6. The van der Waals surface area contributed by atoms with Crippen LogP contribution in [0.2, 0.25) is 0 Å². The van der Waals surface area contributed by atoms with Crippen molar-refractivity contribution >= 4 is 10.0 Å². The van der Waals surface area contributed by atoms with Crippen molar-refractivity contribution in [2.24, 2.45) is 5.92 Å². The van der Waals surface area contributed by atoms with Crippen LogP contribution in [0.25, 0.3) is 0 Å². The summed E-state index contributed by atoms with van der Waals surface area (Å²) >= 11 is 0. The van der Waals surface area contributed by atoms with Gasteiger partial charge in [0.1, 0.15) is 0 Å². The van der Waals surface area contributed by atoms with Gasteiger partial charge in [0, 0.05) is 26.2 Å². The highest BCUT2D eigenvalue weighted by molar-refractivity contribution is 7.89. The third-order valence-electron chi connectivity index (χ3n) is 3.50. The Kier molecular flexibility index (Phi) is 5.41. The minimum Gasteiger partial charge on any atom is -0.313 e. The lowest BCUT2D eigenvalue weighted by atomic mass is 9.86. The van der Waals surface area contributed by atoms with Crippen LogP contribution in [0.5, 0.6) is 0 Å². The number of hydrogen-bond donors (Lipinski definition) is 1. The molecule has 0 aliphatic heterocycles. The fourth-order valence-corrected chi connectivity index (χ4v) is 3.30. The van der Waals surface area contributed by atoms with Gasteiger partial charge in [0.2, 0.25) is 10.0 Å². The molecule has 0 aromatic rings. The summed E-state index contributed by atoms with van der Waals surface area (Å²) in [5.74, 6) is 0.583. The third kappa shape index (κ3) is 4.23. The Morgan fingerprint density at radius 2 is 1.88 bits per heavy atom. The van der Waals surface area contributed by atoms with Crippen LogP contribution in [0.4, 0.5) is 0 Å². The van der Waals surface area contributed by atoms with Gasteiger partial charge in [-0.3, -0.25) is 0 Å². The first-order valence-electron chi connectivity index (χ1n) is 6.52. The largest absolute Gasteiger partial charge is 0.313 e. The molecule has 1 N–H and O–H groups in total. The summed E-state index contributed by atoms with van der Waals surface area (Å²) in [5.41, 5.74) is 0. The zero-order valence-corrected chi connectivity index (χ0v) is 12.3. The summed E-state index contributed by atoms with van der Waals surface area (Å²) in [4.78, 5) is 0. The van der Waals surface area contributed by atoms with E-state index in [4.69, 9.17) is 0 Å². The second kappa shape index (κ2) is 6.16. The molecule has 4 nitrogen and oxygen atoms in total. The van der Waals surface area contributed by atoms with Gasteiger partial charge in [-0.15, -0.1) is 0 Å². The summed E-state index contributed by atoms with van der Waals surface area (Å²) < 4.78 is 26.0. The molecule has 17 heavy (non-hydrogen) atoms. The summed E-state index contributed by atoms with van der Waals surface area (Å²) in [6, 6.07) is 0.324. The first kappa shape index (κ1) is 14.9. The molecule has 1 saturated carbocycles. The van der Waals surface area contributed by atoms with E-state index in [0.29, 0.717) is 25.0 Å². The van der Waals surface area contributed by atoms with E-state index in [0.717, 1.165) is 0 Å². The van der Waals surface area contributed by atoms with Gasteiger partial charge >= 0.3 is 0 Å². The Hall–Kier alpha value is -0.130. The minimum atomic E-state index is -3.14. The van der Waals surface area contributed by atoms with Crippen LogP contribution in [0.1, 0.15) is 40.0 Å². The van der Waals surface area contributed by atoms with Gasteiger partial charge in [0.15, 0.2) is 0 Å². The van der Waals surface area contributed by atoms with Crippen LogP contribution in [0.15, 0.2) is 0 Å². The quantitative estimate of drug-likeness (QED) is 0.755. The van der Waals surface area contributed by atoms with Crippen molar-refractivity contribution in [2.75, 3.05) is 20.1 Å². The molecule has 0 amide bonds. The topological polar surface area (TPSA) is 49.4 Å². The van der Waals surface area contributed by atoms with E-state index in [1.807, 2.05) is 13.8 Å². The van der Waals surface area contributed by atoms with Gasteiger partial charge in [-0.25, -0.2) is 12.7 Å². The van der Waals surface area contributed by atoms with Gasteiger partial charge in [0.25, 0.3) is 0 Å². The molecule has 0 spiro atoms. The van der Waals surface area contributed by atoms with Crippen LogP contribution >= 0.6 is 0 Å². The van der Waals surface area contributed by atoms with E-state index in [2.05, 4.69) is 5.32 Å². The molecule has 1 aliphatic carbocycles. The molecule has 0 heterocycles. The maximum Gasteiger partial charge on any atom is 0.217 e. The highest BCUT2D eigenvalue weighted by Crippen LogP contribution is 2.27. The summed E-state index contributed by atoms with van der Waals surface area (Å²) in [6.07, 6.45) is 3.61. The Balaban J connectivity index is 2.46. The fraction of sp³-hybridized carbons (Fsp3) is 1.00. The first-order chi connectivity index (χ1) is 7.84. The molecule has 1 atom stereocenters. The van der Waals surface area contributed by atoms with Crippen molar-refractivity contribution in [2.45, 2.75) is 51.3 Å². The zero-order valence-electron chi connectivity index (χ0n) is 11.4. The summed E-state index contributed by atoms with van der Waals surface area (Å²) in [6.45, 7) is 7.04. The monoisotopic (exact) mass is 262 g/mol. The van der Waals surface area contributed by atoms with Gasteiger partial charge < -0.3 is 5.32 Å². The van der Waals surface area contributed by atoms with Crippen molar-refractivity contribution in [3.8, 4) is 0 Å². The molecule has 0 radical (unpaired) electrons. The fourth-order valence-electron chi connectivity index (χ4n) is 1.96. The van der Waals surface area contributed by atoms with Crippen molar-refractivity contribution in [3.63, 3.8) is 0 Å². The SMILES string of the molecule is CC(C)NCC(C)S(=O)(=O)N(C)CC1CCC1. The second-order valence-corrected chi connectivity index (χ2v) is 7.95. The van der Waals surface area contributed by atoms with E-state index in [1.165, 1.54) is 19.3 Å². The van der Waals surface area contributed by atoms with Gasteiger partial charge in [-0.2, -0.15) is 0 Å².